The number of nitrogens with zero attached hydrogens (tertiary/aromatic N) is 5. The monoisotopic (exact) mass is 329 g/mol. The molecule has 0 radical (unpaired) electrons. The zero-order valence-corrected chi connectivity index (χ0v) is 14.5. The number of anilines is 1. The first-order valence-electron chi connectivity index (χ1n) is 8.34. The minimum atomic E-state index is 0.582. The molecule has 1 saturated carbocycles. The first-order valence-corrected chi connectivity index (χ1v) is 9.22. The summed E-state index contributed by atoms with van der Waals surface area (Å²) in [4.78, 5) is 9.36. The summed E-state index contributed by atoms with van der Waals surface area (Å²) >= 11 is 1.76. The highest BCUT2D eigenvalue weighted by Gasteiger charge is 2.44. The van der Waals surface area contributed by atoms with Crippen molar-refractivity contribution in [1.82, 2.24) is 20.1 Å². The smallest absolute Gasteiger partial charge is 0.151 e. The molecule has 1 saturated heterocycles. The molecule has 1 aliphatic carbocycles. The van der Waals surface area contributed by atoms with Gasteiger partial charge in [0, 0.05) is 37.8 Å². The molecule has 0 N–H and O–H groups in total. The van der Waals surface area contributed by atoms with Crippen LogP contribution in [0.25, 0.3) is 0 Å². The molecule has 2 fully saturated rings. The molecule has 6 heteroatoms. The number of aromatic nitrogens is 3. The van der Waals surface area contributed by atoms with E-state index in [1.807, 2.05) is 13.1 Å². The van der Waals surface area contributed by atoms with Gasteiger partial charge in [0.2, 0.25) is 0 Å². The fourth-order valence-electron chi connectivity index (χ4n) is 4.21. The molecule has 2 aromatic rings. The van der Waals surface area contributed by atoms with E-state index in [0.717, 1.165) is 29.9 Å². The van der Waals surface area contributed by atoms with Gasteiger partial charge in [0.15, 0.2) is 5.82 Å². The van der Waals surface area contributed by atoms with Gasteiger partial charge in [-0.1, -0.05) is 0 Å². The standard InChI is InChI=1S/C17H23N5S/c1-12-3-6-16(20-19-12)21(2)15-5-4-13-9-22(10-14(13)15)11-17-18-7-8-23-17/h3,6-8,13-15H,4-5,9-11H2,1-2H3/t13-,14+,15-/m1/s1. The van der Waals surface area contributed by atoms with Gasteiger partial charge < -0.3 is 4.90 Å². The fourth-order valence-corrected chi connectivity index (χ4v) is 4.87. The van der Waals surface area contributed by atoms with Gasteiger partial charge in [-0.3, -0.25) is 4.90 Å². The van der Waals surface area contributed by atoms with Crippen molar-refractivity contribution in [3.63, 3.8) is 0 Å². The lowest BCUT2D eigenvalue weighted by molar-refractivity contribution is 0.296. The van der Waals surface area contributed by atoms with Gasteiger partial charge in [0.25, 0.3) is 0 Å². The lowest BCUT2D eigenvalue weighted by Gasteiger charge is -2.30. The van der Waals surface area contributed by atoms with Crippen LogP contribution in [0.2, 0.25) is 0 Å². The summed E-state index contributed by atoms with van der Waals surface area (Å²) in [5.41, 5.74) is 0.974. The van der Waals surface area contributed by atoms with Crippen LogP contribution in [0, 0.1) is 18.8 Å². The Balaban J connectivity index is 1.44. The predicted molar refractivity (Wildman–Crippen MR) is 92.6 cm³/mol. The maximum atomic E-state index is 4.43. The molecule has 4 rings (SSSR count). The van der Waals surface area contributed by atoms with Crippen LogP contribution in [0.4, 0.5) is 5.82 Å². The Kier molecular flexibility index (Phi) is 4.03. The summed E-state index contributed by atoms with van der Waals surface area (Å²) in [5, 5.41) is 11.9. The number of thiazole rings is 1. The SMILES string of the molecule is Cc1ccc(N(C)[C@@H]2CC[C@@H]3CN(Cc4nccs4)C[C@@H]32)nn1. The van der Waals surface area contributed by atoms with E-state index >= 15 is 0 Å². The van der Waals surface area contributed by atoms with Gasteiger partial charge >= 0.3 is 0 Å². The van der Waals surface area contributed by atoms with E-state index in [1.54, 1.807) is 11.3 Å². The molecule has 23 heavy (non-hydrogen) atoms. The average Bonchev–Trinajstić information content (AvgIpc) is 3.25. The minimum Gasteiger partial charge on any atom is -0.355 e. The van der Waals surface area contributed by atoms with Crippen molar-refractivity contribution in [2.24, 2.45) is 11.8 Å². The Morgan fingerprint density at radius 1 is 1.26 bits per heavy atom. The van der Waals surface area contributed by atoms with Crippen LogP contribution < -0.4 is 4.90 Å². The first kappa shape index (κ1) is 15.0. The van der Waals surface area contributed by atoms with E-state index in [2.05, 4.69) is 49.5 Å². The molecule has 1 aliphatic heterocycles. The van der Waals surface area contributed by atoms with Gasteiger partial charge in [-0.2, -0.15) is 5.10 Å². The molecule has 122 valence electrons. The van der Waals surface area contributed by atoms with E-state index in [9.17, 15) is 0 Å². The third kappa shape index (κ3) is 2.97. The molecule has 0 amide bonds. The number of likely N-dealkylation sites (tertiary alicyclic amines) is 1. The van der Waals surface area contributed by atoms with E-state index < -0.39 is 0 Å². The van der Waals surface area contributed by atoms with Crippen molar-refractivity contribution < 1.29 is 0 Å². The second-order valence-electron chi connectivity index (χ2n) is 6.83. The van der Waals surface area contributed by atoms with Crippen molar-refractivity contribution >= 4 is 17.2 Å². The Labute approximate surface area is 141 Å². The van der Waals surface area contributed by atoms with Crippen molar-refractivity contribution in [3.05, 3.63) is 34.4 Å². The highest BCUT2D eigenvalue weighted by Crippen LogP contribution is 2.41. The predicted octanol–water partition coefficient (Wildman–Crippen LogP) is 2.59. The van der Waals surface area contributed by atoms with Crippen molar-refractivity contribution in [3.8, 4) is 0 Å². The zero-order valence-electron chi connectivity index (χ0n) is 13.7. The second-order valence-corrected chi connectivity index (χ2v) is 7.81. The van der Waals surface area contributed by atoms with Gasteiger partial charge in [-0.25, -0.2) is 4.98 Å². The summed E-state index contributed by atoms with van der Waals surface area (Å²) in [6, 6.07) is 4.73. The topological polar surface area (TPSA) is 45.2 Å². The third-order valence-electron chi connectivity index (χ3n) is 5.38. The molecule has 2 aliphatic rings. The molecule has 2 aromatic heterocycles. The van der Waals surface area contributed by atoms with Crippen LogP contribution in [0.3, 0.4) is 0 Å². The molecule has 0 bridgehead atoms. The van der Waals surface area contributed by atoms with Crippen LogP contribution in [0.5, 0.6) is 0 Å². The Hall–Kier alpha value is -1.53. The van der Waals surface area contributed by atoms with Crippen LogP contribution in [-0.2, 0) is 6.54 Å². The van der Waals surface area contributed by atoms with Gasteiger partial charge in [-0.05, 0) is 43.7 Å². The Morgan fingerprint density at radius 2 is 2.17 bits per heavy atom. The van der Waals surface area contributed by atoms with Crippen molar-refractivity contribution in [1.29, 1.82) is 0 Å². The number of hydrogen-bond donors (Lipinski definition) is 0. The highest BCUT2D eigenvalue weighted by molar-refractivity contribution is 7.09. The van der Waals surface area contributed by atoms with Gasteiger partial charge in [0.05, 0.1) is 12.2 Å². The van der Waals surface area contributed by atoms with Crippen LogP contribution in [0.1, 0.15) is 23.5 Å². The Morgan fingerprint density at radius 3 is 2.91 bits per heavy atom. The van der Waals surface area contributed by atoms with Crippen molar-refractivity contribution in [2.45, 2.75) is 32.4 Å². The minimum absolute atomic E-state index is 0.582. The summed E-state index contributed by atoms with van der Waals surface area (Å²) in [7, 11) is 2.18. The maximum Gasteiger partial charge on any atom is 0.151 e. The van der Waals surface area contributed by atoms with E-state index in [4.69, 9.17) is 0 Å². The molecular weight excluding hydrogens is 306 g/mol. The van der Waals surface area contributed by atoms with E-state index in [0.29, 0.717) is 6.04 Å². The molecule has 0 unspecified atom stereocenters. The molecule has 3 heterocycles. The molecule has 0 aromatic carbocycles. The molecule has 5 nitrogen and oxygen atoms in total. The van der Waals surface area contributed by atoms with Crippen LogP contribution in [0.15, 0.2) is 23.7 Å². The molecule has 0 spiro atoms. The summed E-state index contributed by atoms with van der Waals surface area (Å²) in [6.07, 6.45) is 4.50. The highest BCUT2D eigenvalue weighted by atomic mass is 32.1. The molecular formula is C17H23N5S. The first-order chi connectivity index (χ1) is 11.2. The van der Waals surface area contributed by atoms with Gasteiger partial charge in [-0.15, -0.1) is 16.4 Å². The number of fused-ring (bicyclic) bond motifs is 1. The van der Waals surface area contributed by atoms with Gasteiger partial charge in [0.1, 0.15) is 5.01 Å². The van der Waals surface area contributed by atoms with Crippen LogP contribution in [-0.4, -0.2) is 46.3 Å². The average molecular weight is 329 g/mol. The van der Waals surface area contributed by atoms with Crippen LogP contribution >= 0.6 is 11.3 Å². The Bertz CT molecular complexity index is 642. The molecule has 3 atom stereocenters. The zero-order chi connectivity index (χ0) is 15.8. The lowest BCUT2D eigenvalue weighted by Crippen LogP contribution is -2.38. The fraction of sp³-hybridized carbons (Fsp3) is 0.588. The number of hydrogen-bond acceptors (Lipinski definition) is 6. The summed E-state index contributed by atoms with van der Waals surface area (Å²) in [5.74, 6) is 2.56. The number of rotatable bonds is 4. The lowest BCUT2D eigenvalue weighted by atomic mass is 9.97. The number of aryl methyl sites for hydroxylation is 1. The third-order valence-corrected chi connectivity index (χ3v) is 6.14. The van der Waals surface area contributed by atoms with Crippen molar-refractivity contribution in [2.75, 3.05) is 25.0 Å². The summed E-state index contributed by atoms with van der Waals surface area (Å²) in [6.45, 7) is 5.38. The normalized spacial score (nSPS) is 27.3. The maximum absolute atomic E-state index is 4.43. The summed E-state index contributed by atoms with van der Waals surface area (Å²) < 4.78 is 0. The largest absolute Gasteiger partial charge is 0.355 e. The van der Waals surface area contributed by atoms with E-state index in [1.165, 1.54) is 30.9 Å². The van der Waals surface area contributed by atoms with E-state index in [-0.39, 0.29) is 0 Å². The quantitative estimate of drug-likeness (QED) is 0.863. The second kappa shape index (κ2) is 6.17.